The van der Waals surface area contributed by atoms with E-state index < -0.39 is 15.8 Å². The van der Waals surface area contributed by atoms with Crippen LogP contribution in [0.1, 0.15) is 6.42 Å². The molecule has 1 aromatic rings. The van der Waals surface area contributed by atoms with Crippen LogP contribution in [0.5, 0.6) is 0 Å². The minimum atomic E-state index is -3.69. The molecule has 0 atom stereocenters. The van der Waals surface area contributed by atoms with Crippen molar-refractivity contribution >= 4 is 31.6 Å². The lowest BCUT2D eigenvalue weighted by molar-refractivity contribution is 0.370. The van der Waals surface area contributed by atoms with Crippen molar-refractivity contribution in [3.8, 4) is 0 Å². The third kappa shape index (κ3) is 4.15. The van der Waals surface area contributed by atoms with Crippen molar-refractivity contribution in [2.24, 2.45) is 0 Å². The quantitative estimate of drug-likeness (QED) is 0.777. The fourth-order valence-electron chi connectivity index (χ4n) is 1.64. The highest BCUT2D eigenvalue weighted by molar-refractivity contribution is 9.10. The number of hydrogen-bond acceptors (Lipinski definition) is 4. The van der Waals surface area contributed by atoms with Crippen LogP contribution in [0.3, 0.4) is 0 Å². The molecule has 1 aromatic carbocycles. The Morgan fingerprint density at radius 3 is 2.40 bits per heavy atom. The van der Waals surface area contributed by atoms with Gasteiger partial charge < -0.3 is 10.6 Å². The van der Waals surface area contributed by atoms with Crippen molar-refractivity contribution in [1.82, 2.24) is 9.21 Å². The second-order valence-corrected chi connectivity index (χ2v) is 7.66. The molecular formula is C12H19BrFN3O2S. The molecule has 0 saturated carbocycles. The average Bonchev–Trinajstić information content (AvgIpc) is 2.32. The lowest BCUT2D eigenvalue weighted by Gasteiger charge is -2.19. The largest absolute Gasteiger partial charge is 0.396 e. The molecule has 0 heterocycles. The molecule has 0 radical (unpaired) electrons. The highest BCUT2D eigenvalue weighted by Crippen LogP contribution is 2.28. The van der Waals surface area contributed by atoms with Crippen LogP contribution in [0.15, 0.2) is 21.5 Å². The van der Waals surface area contributed by atoms with Crippen molar-refractivity contribution in [2.45, 2.75) is 11.3 Å². The molecule has 0 aliphatic carbocycles. The van der Waals surface area contributed by atoms with Crippen molar-refractivity contribution in [3.05, 3.63) is 22.4 Å². The Kier molecular flexibility index (Phi) is 5.93. The fourth-order valence-corrected chi connectivity index (χ4v) is 3.86. The molecule has 0 saturated heterocycles. The summed E-state index contributed by atoms with van der Waals surface area (Å²) in [5, 5.41) is 0. The van der Waals surface area contributed by atoms with Gasteiger partial charge in [-0.1, -0.05) is 0 Å². The van der Waals surface area contributed by atoms with E-state index in [-0.39, 0.29) is 15.1 Å². The Hall–Kier alpha value is -0.700. The zero-order chi connectivity index (χ0) is 15.5. The van der Waals surface area contributed by atoms with Crippen LogP contribution in [0, 0.1) is 5.82 Å². The smallest absolute Gasteiger partial charge is 0.244 e. The molecule has 0 aromatic heterocycles. The maximum absolute atomic E-state index is 13.3. The van der Waals surface area contributed by atoms with Gasteiger partial charge in [-0.2, -0.15) is 0 Å². The number of nitrogens with two attached hydrogens (primary N) is 1. The van der Waals surface area contributed by atoms with Gasteiger partial charge in [0.2, 0.25) is 10.0 Å². The van der Waals surface area contributed by atoms with E-state index in [0.717, 1.165) is 18.7 Å². The van der Waals surface area contributed by atoms with E-state index >= 15 is 0 Å². The van der Waals surface area contributed by atoms with Crippen LogP contribution >= 0.6 is 15.9 Å². The summed E-state index contributed by atoms with van der Waals surface area (Å²) in [6, 6.07) is 2.20. The maximum Gasteiger partial charge on any atom is 0.244 e. The summed E-state index contributed by atoms with van der Waals surface area (Å²) in [6.07, 6.45) is 0.705. The topological polar surface area (TPSA) is 66.6 Å². The van der Waals surface area contributed by atoms with Gasteiger partial charge in [-0.3, -0.25) is 0 Å². The summed E-state index contributed by atoms with van der Waals surface area (Å²) in [5.41, 5.74) is 5.25. The fraction of sp³-hybridized carbons (Fsp3) is 0.500. The number of halogens is 2. The van der Waals surface area contributed by atoms with E-state index in [1.807, 2.05) is 19.0 Å². The van der Waals surface area contributed by atoms with Crippen LogP contribution < -0.4 is 5.73 Å². The van der Waals surface area contributed by atoms with Crippen LogP contribution in [0.25, 0.3) is 0 Å². The highest BCUT2D eigenvalue weighted by Gasteiger charge is 2.24. The van der Waals surface area contributed by atoms with Gasteiger partial charge in [0.1, 0.15) is 5.82 Å². The van der Waals surface area contributed by atoms with E-state index in [4.69, 9.17) is 5.73 Å². The molecular weight excluding hydrogens is 349 g/mol. The minimum absolute atomic E-state index is 0.0243. The molecule has 1 rings (SSSR count). The molecule has 0 bridgehead atoms. The SMILES string of the molecule is CN(C)CCCN(C)S(=O)(=O)c1cc(N)c(F)cc1Br. The first-order valence-corrected chi connectivity index (χ1v) is 8.25. The number of hydrogen-bond donors (Lipinski definition) is 1. The maximum atomic E-state index is 13.3. The second-order valence-electron chi connectivity index (χ2n) is 4.79. The van der Waals surface area contributed by atoms with Gasteiger partial charge >= 0.3 is 0 Å². The van der Waals surface area contributed by atoms with E-state index in [1.54, 1.807) is 0 Å². The number of nitrogen functional groups attached to an aromatic ring is 1. The number of nitrogens with zero attached hydrogens (tertiary/aromatic N) is 2. The number of sulfonamides is 1. The summed E-state index contributed by atoms with van der Waals surface area (Å²) in [5.74, 6) is -0.647. The predicted molar refractivity (Wildman–Crippen MR) is 81.5 cm³/mol. The zero-order valence-corrected chi connectivity index (χ0v) is 14.1. The second kappa shape index (κ2) is 6.84. The molecule has 0 aliphatic rings. The Labute approximate surface area is 127 Å². The number of anilines is 1. The van der Waals surface area contributed by atoms with Crippen molar-refractivity contribution in [1.29, 1.82) is 0 Å². The molecule has 114 valence electrons. The van der Waals surface area contributed by atoms with Crippen LogP contribution in [0.4, 0.5) is 10.1 Å². The van der Waals surface area contributed by atoms with Crippen molar-refractivity contribution in [2.75, 3.05) is 40.0 Å². The first-order valence-electron chi connectivity index (χ1n) is 6.02. The molecule has 5 nitrogen and oxygen atoms in total. The first kappa shape index (κ1) is 17.4. The van der Waals surface area contributed by atoms with E-state index in [2.05, 4.69) is 15.9 Å². The average molecular weight is 368 g/mol. The Bertz CT molecular complexity index is 578. The third-order valence-electron chi connectivity index (χ3n) is 2.82. The molecule has 0 unspecified atom stereocenters. The Balaban J connectivity index is 2.96. The van der Waals surface area contributed by atoms with Gasteiger partial charge in [-0.25, -0.2) is 17.1 Å². The summed E-state index contributed by atoms with van der Waals surface area (Å²) < 4.78 is 39.5. The number of benzene rings is 1. The summed E-state index contributed by atoms with van der Waals surface area (Å²) in [4.78, 5) is 1.95. The van der Waals surface area contributed by atoms with Crippen molar-refractivity contribution < 1.29 is 12.8 Å². The molecule has 20 heavy (non-hydrogen) atoms. The molecule has 0 fully saturated rings. The van der Waals surface area contributed by atoms with Crippen LogP contribution in [0.2, 0.25) is 0 Å². The normalized spacial score (nSPS) is 12.3. The van der Waals surface area contributed by atoms with E-state index in [1.165, 1.54) is 11.4 Å². The Morgan fingerprint density at radius 1 is 1.25 bits per heavy atom. The molecule has 0 amide bonds. The van der Waals surface area contributed by atoms with Crippen LogP contribution in [-0.4, -0.2) is 51.9 Å². The van der Waals surface area contributed by atoms with Gasteiger partial charge in [0.15, 0.2) is 0 Å². The standard InChI is InChI=1S/C12H19BrFN3O2S/c1-16(2)5-4-6-17(3)20(18,19)12-8-11(15)10(14)7-9(12)13/h7-8H,4-6,15H2,1-3H3. The lowest BCUT2D eigenvalue weighted by atomic mass is 10.3. The highest BCUT2D eigenvalue weighted by atomic mass is 79.9. The molecule has 0 spiro atoms. The van der Waals surface area contributed by atoms with E-state index in [9.17, 15) is 12.8 Å². The van der Waals surface area contributed by atoms with Gasteiger partial charge in [0.25, 0.3) is 0 Å². The molecule has 0 aliphatic heterocycles. The molecule has 8 heteroatoms. The van der Waals surface area contributed by atoms with Gasteiger partial charge in [0, 0.05) is 18.1 Å². The van der Waals surface area contributed by atoms with E-state index in [0.29, 0.717) is 13.0 Å². The molecule has 2 N–H and O–H groups in total. The van der Waals surface area contributed by atoms with Crippen molar-refractivity contribution in [3.63, 3.8) is 0 Å². The number of rotatable bonds is 6. The summed E-state index contributed by atoms with van der Waals surface area (Å²) in [6.45, 7) is 1.16. The zero-order valence-electron chi connectivity index (χ0n) is 11.7. The monoisotopic (exact) mass is 367 g/mol. The van der Waals surface area contributed by atoms with Gasteiger partial charge in [-0.15, -0.1) is 0 Å². The minimum Gasteiger partial charge on any atom is -0.396 e. The summed E-state index contributed by atoms with van der Waals surface area (Å²) in [7, 11) is 1.66. The summed E-state index contributed by atoms with van der Waals surface area (Å²) >= 11 is 3.07. The van der Waals surface area contributed by atoms with Gasteiger partial charge in [0.05, 0.1) is 10.6 Å². The first-order chi connectivity index (χ1) is 9.16. The predicted octanol–water partition coefficient (Wildman–Crippen LogP) is 1.74. The lowest BCUT2D eigenvalue weighted by Crippen LogP contribution is -2.30. The van der Waals surface area contributed by atoms with Gasteiger partial charge in [-0.05, 0) is 55.1 Å². The van der Waals surface area contributed by atoms with Crippen LogP contribution in [-0.2, 0) is 10.0 Å². The third-order valence-corrected chi connectivity index (χ3v) is 5.63. The Morgan fingerprint density at radius 2 is 1.85 bits per heavy atom.